The van der Waals surface area contributed by atoms with Crippen LogP contribution in [0.25, 0.3) is 11.3 Å². The third-order valence-electron chi connectivity index (χ3n) is 3.30. The van der Waals surface area contributed by atoms with Crippen LogP contribution in [0.3, 0.4) is 0 Å². The molecular weight excluding hydrogens is 350 g/mol. The summed E-state index contributed by atoms with van der Waals surface area (Å²) in [7, 11) is -3.91. The van der Waals surface area contributed by atoms with Gasteiger partial charge in [-0.15, -0.1) is 0 Å². The lowest BCUT2D eigenvalue weighted by Gasteiger charge is -2.03. The van der Waals surface area contributed by atoms with Crippen molar-refractivity contribution in [2.75, 3.05) is 0 Å². The molecule has 1 heterocycles. The second-order valence-corrected chi connectivity index (χ2v) is 6.67. The molecule has 6 nitrogen and oxygen atoms in total. The lowest BCUT2D eigenvalue weighted by molar-refractivity contribution is 0.583. The standard InChI is InChI=1S/C16H12F2N4O2S/c17-13-3-1-11(2-4-13)16-12(9-19-21-16)10-20-22-25(23,24)15-7-5-14(18)6-8-15/h1-10,22H,(H,19,21). The fourth-order valence-electron chi connectivity index (χ4n) is 2.07. The van der Waals surface area contributed by atoms with E-state index in [4.69, 9.17) is 0 Å². The largest absolute Gasteiger partial charge is 0.277 e. The molecule has 0 saturated heterocycles. The van der Waals surface area contributed by atoms with E-state index in [9.17, 15) is 17.2 Å². The molecule has 0 spiro atoms. The van der Waals surface area contributed by atoms with Crippen LogP contribution < -0.4 is 4.83 Å². The summed E-state index contributed by atoms with van der Waals surface area (Å²) in [5.41, 5.74) is 1.74. The molecule has 0 atom stereocenters. The van der Waals surface area contributed by atoms with E-state index in [0.29, 0.717) is 16.8 Å². The van der Waals surface area contributed by atoms with Crippen molar-refractivity contribution in [2.45, 2.75) is 4.90 Å². The number of aromatic amines is 1. The molecule has 0 aliphatic heterocycles. The number of rotatable bonds is 5. The lowest BCUT2D eigenvalue weighted by Crippen LogP contribution is -2.18. The molecule has 0 bridgehead atoms. The number of aromatic nitrogens is 2. The van der Waals surface area contributed by atoms with Crippen LogP contribution >= 0.6 is 0 Å². The van der Waals surface area contributed by atoms with Gasteiger partial charge in [0.05, 0.1) is 23.0 Å². The van der Waals surface area contributed by atoms with Gasteiger partial charge in [-0.25, -0.2) is 13.6 Å². The second kappa shape index (κ2) is 6.81. The molecule has 9 heteroatoms. The second-order valence-electron chi connectivity index (χ2n) is 5.01. The van der Waals surface area contributed by atoms with Crippen LogP contribution in [-0.2, 0) is 10.0 Å². The van der Waals surface area contributed by atoms with Gasteiger partial charge in [-0.2, -0.15) is 18.6 Å². The number of halogens is 2. The molecule has 3 aromatic rings. The van der Waals surface area contributed by atoms with E-state index in [2.05, 4.69) is 15.3 Å². The fourth-order valence-corrected chi connectivity index (χ4v) is 2.86. The van der Waals surface area contributed by atoms with Crippen LogP contribution in [0.1, 0.15) is 5.56 Å². The predicted molar refractivity (Wildman–Crippen MR) is 88.3 cm³/mol. The molecule has 1 aromatic heterocycles. The molecule has 2 N–H and O–H groups in total. The zero-order valence-electron chi connectivity index (χ0n) is 12.6. The summed E-state index contributed by atoms with van der Waals surface area (Å²) >= 11 is 0. The predicted octanol–water partition coefficient (Wildman–Crippen LogP) is 2.67. The Bertz CT molecular complexity index is 997. The quantitative estimate of drug-likeness (QED) is 0.540. The van der Waals surface area contributed by atoms with Gasteiger partial charge in [0.25, 0.3) is 10.0 Å². The van der Waals surface area contributed by atoms with Crippen molar-refractivity contribution in [3.05, 3.63) is 71.9 Å². The van der Waals surface area contributed by atoms with Gasteiger partial charge in [0.15, 0.2) is 0 Å². The van der Waals surface area contributed by atoms with Gasteiger partial charge in [-0.1, -0.05) is 0 Å². The fraction of sp³-hybridized carbons (Fsp3) is 0. The molecular formula is C16H12F2N4O2S. The normalized spacial score (nSPS) is 11.8. The monoisotopic (exact) mass is 362 g/mol. The molecule has 25 heavy (non-hydrogen) atoms. The van der Waals surface area contributed by atoms with E-state index in [1.807, 2.05) is 4.83 Å². The SMILES string of the molecule is O=S(=O)(NN=Cc1cn[nH]c1-c1ccc(F)cc1)c1ccc(F)cc1. The molecule has 0 unspecified atom stereocenters. The van der Waals surface area contributed by atoms with Crippen molar-refractivity contribution in [1.29, 1.82) is 0 Å². The number of nitrogens with zero attached hydrogens (tertiary/aromatic N) is 2. The highest BCUT2D eigenvalue weighted by Gasteiger charge is 2.12. The van der Waals surface area contributed by atoms with Crippen molar-refractivity contribution < 1.29 is 17.2 Å². The summed E-state index contributed by atoms with van der Waals surface area (Å²) in [6.45, 7) is 0. The van der Waals surface area contributed by atoms with Gasteiger partial charge in [0.1, 0.15) is 11.6 Å². The van der Waals surface area contributed by atoms with Gasteiger partial charge in [0, 0.05) is 11.1 Å². The Labute approximate surface area is 142 Å². The molecule has 0 amide bonds. The van der Waals surface area contributed by atoms with E-state index < -0.39 is 15.8 Å². The number of hydrazone groups is 1. The van der Waals surface area contributed by atoms with Gasteiger partial charge < -0.3 is 0 Å². The third-order valence-corrected chi connectivity index (χ3v) is 4.54. The number of nitrogens with one attached hydrogen (secondary N) is 2. The van der Waals surface area contributed by atoms with Gasteiger partial charge in [0.2, 0.25) is 0 Å². The van der Waals surface area contributed by atoms with Crippen molar-refractivity contribution in [3.63, 3.8) is 0 Å². The third kappa shape index (κ3) is 3.89. The maximum absolute atomic E-state index is 13.0. The van der Waals surface area contributed by atoms with Crippen molar-refractivity contribution >= 4 is 16.2 Å². The minimum absolute atomic E-state index is 0.114. The van der Waals surface area contributed by atoms with Crippen LogP contribution in [0.5, 0.6) is 0 Å². The van der Waals surface area contributed by atoms with Crippen LogP contribution in [0.2, 0.25) is 0 Å². The first-order valence-electron chi connectivity index (χ1n) is 7.05. The highest BCUT2D eigenvalue weighted by Crippen LogP contribution is 2.20. The minimum atomic E-state index is -3.91. The average Bonchev–Trinajstić information content (AvgIpc) is 3.04. The number of H-pyrrole nitrogens is 1. The van der Waals surface area contributed by atoms with Gasteiger partial charge in [-0.05, 0) is 48.5 Å². The van der Waals surface area contributed by atoms with E-state index in [1.165, 1.54) is 24.5 Å². The Morgan fingerprint density at radius 3 is 2.24 bits per heavy atom. The Morgan fingerprint density at radius 2 is 1.60 bits per heavy atom. The zero-order valence-corrected chi connectivity index (χ0v) is 13.5. The van der Waals surface area contributed by atoms with Crippen LogP contribution in [0.15, 0.2) is 64.7 Å². The molecule has 0 aliphatic carbocycles. The zero-order chi connectivity index (χ0) is 17.9. The molecule has 128 valence electrons. The van der Waals surface area contributed by atoms with Crippen LogP contribution in [0, 0.1) is 11.6 Å². The van der Waals surface area contributed by atoms with Gasteiger partial charge in [-0.3, -0.25) is 5.10 Å². The van der Waals surface area contributed by atoms with Crippen molar-refractivity contribution in [2.24, 2.45) is 5.10 Å². The molecule has 2 aromatic carbocycles. The van der Waals surface area contributed by atoms with Gasteiger partial charge >= 0.3 is 0 Å². The number of hydrogen-bond donors (Lipinski definition) is 2. The number of benzene rings is 2. The van der Waals surface area contributed by atoms with Crippen LogP contribution in [-0.4, -0.2) is 24.8 Å². The van der Waals surface area contributed by atoms with Crippen LogP contribution in [0.4, 0.5) is 8.78 Å². The highest BCUT2D eigenvalue weighted by molar-refractivity contribution is 7.89. The first kappa shape index (κ1) is 16.8. The van der Waals surface area contributed by atoms with E-state index in [-0.39, 0.29) is 10.7 Å². The first-order chi connectivity index (χ1) is 12.0. The highest BCUT2D eigenvalue weighted by atomic mass is 32.2. The molecule has 3 rings (SSSR count). The Balaban J connectivity index is 1.78. The smallest absolute Gasteiger partial charge is 0.276 e. The number of sulfonamides is 1. The Kier molecular flexibility index (Phi) is 4.57. The summed E-state index contributed by atoms with van der Waals surface area (Å²) in [5, 5.41) is 10.3. The number of hydrogen-bond acceptors (Lipinski definition) is 4. The molecule has 0 radical (unpaired) electrons. The topological polar surface area (TPSA) is 87.2 Å². The van der Waals surface area contributed by atoms with E-state index in [0.717, 1.165) is 24.3 Å². The maximum Gasteiger partial charge on any atom is 0.276 e. The summed E-state index contributed by atoms with van der Waals surface area (Å²) in [5.74, 6) is -0.907. The van der Waals surface area contributed by atoms with E-state index >= 15 is 0 Å². The van der Waals surface area contributed by atoms with Crippen molar-refractivity contribution in [1.82, 2.24) is 15.0 Å². The van der Waals surface area contributed by atoms with E-state index in [1.54, 1.807) is 12.1 Å². The minimum Gasteiger partial charge on any atom is -0.277 e. The average molecular weight is 362 g/mol. The molecule has 0 saturated carbocycles. The Hall–Kier alpha value is -3.07. The Morgan fingerprint density at radius 1 is 1.00 bits per heavy atom. The van der Waals surface area contributed by atoms with Crippen molar-refractivity contribution in [3.8, 4) is 11.3 Å². The lowest BCUT2D eigenvalue weighted by atomic mass is 10.1. The summed E-state index contributed by atoms with van der Waals surface area (Å²) in [6.07, 6.45) is 2.72. The first-order valence-corrected chi connectivity index (χ1v) is 8.54. The maximum atomic E-state index is 13.0. The summed E-state index contributed by atoms with van der Waals surface area (Å²) in [6, 6.07) is 10.1. The molecule has 0 fully saturated rings. The summed E-state index contributed by atoms with van der Waals surface area (Å²) in [4.78, 5) is 1.92. The summed E-state index contributed by atoms with van der Waals surface area (Å²) < 4.78 is 50.0. The molecule has 0 aliphatic rings.